The van der Waals surface area contributed by atoms with Crippen LogP contribution in [0.2, 0.25) is 5.15 Å². The predicted octanol–water partition coefficient (Wildman–Crippen LogP) is 2.87. The molecule has 2 aromatic heterocycles. The fourth-order valence-electron chi connectivity index (χ4n) is 1.34. The number of likely N-dealkylation sites (N-methyl/N-ethyl adjacent to an activating group) is 1. The van der Waals surface area contributed by atoms with Crippen LogP contribution in [0.4, 0.5) is 5.13 Å². The van der Waals surface area contributed by atoms with Crippen LogP contribution in [0.5, 0.6) is 0 Å². The summed E-state index contributed by atoms with van der Waals surface area (Å²) in [6, 6.07) is 5.96. The minimum Gasteiger partial charge on any atom is -0.351 e. The molecule has 0 fully saturated rings. The van der Waals surface area contributed by atoms with Crippen LogP contribution in [-0.4, -0.2) is 23.6 Å². The summed E-state index contributed by atoms with van der Waals surface area (Å²) in [5, 5.41) is 3.35. The van der Waals surface area contributed by atoms with Crippen LogP contribution >= 0.6 is 22.9 Å². The molecular formula is C11H12ClN3S. The summed E-state index contributed by atoms with van der Waals surface area (Å²) in [6.07, 6.45) is 2.73. The van der Waals surface area contributed by atoms with Gasteiger partial charge >= 0.3 is 0 Å². The molecule has 0 unspecified atom stereocenters. The van der Waals surface area contributed by atoms with E-state index in [1.54, 1.807) is 11.3 Å². The summed E-state index contributed by atoms with van der Waals surface area (Å²) in [5.74, 6) is 0. The Balaban J connectivity index is 1.91. The van der Waals surface area contributed by atoms with Gasteiger partial charge < -0.3 is 4.90 Å². The second-order valence-electron chi connectivity index (χ2n) is 3.45. The minimum atomic E-state index is 0.560. The van der Waals surface area contributed by atoms with Crippen LogP contribution in [0.15, 0.2) is 29.8 Å². The lowest BCUT2D eigenvalue weighted by molar-refractivity contribution is 0.848. The number of hydrogen-bond donors (Lipinski definition) is 0. The van der Waals surface area contributed by atoms with Crippen molar-refractivity contribution in [2.75, 3.05) is 18.5 Å². The second kappa shape index (κ2) is 5.27. The van der Waals surface area contributed by atoms with Crippen molar-refractivity contribution in [2.24, 2.45) is 0 Å². The average molecular weight is 254 g/mol. The standard InChI is InChI=1S/C11H12ClN3S/c1-15(11-14-10(12)8-16-11)7-5-9-4-2-3-6-13-9/h2-4,6,8H,5,7H2,1H3. The first-order valence-electron chi connectivity index (χ1n) is 4.98. The third kappa shape index (κ3) is 2.93. The summed E-state index contributed by atoms with van der Waals surface area (Å²) in [7, 11) is 2.01. The highest BCUT2D eigenvalue weighted by molar-refractivity contribution is 7.14. The lowest BCUT2D eigenvalue weighted by Gasteiger charge is -2.14. The van der Waals surface area contributed by atoms with E-state index in [4.69, 9.17) is 11.6 Å². The molecule has 0 radical (unpaired) electrons. The molecule has 0 aliphatic heterocycles. The Kier molecular flexibility index (Phi) is 3.74. The highest BCUT2D eigenvalue weighted by Crippen LogP contribution is 2.22. The van der Waals surface area contributed by atoms with Crippen molar-refractivity contribution in [3.63, 3.8) is 0 Å². The quantitative estimate of drug-likeness (QED) is 0.839. The lowest BCUT2D eigenvalue weighted by Crippen LogP contribution is -2.20. The van der Waals surface area contributed by atoms with Gasteiger partial charge in [0.05, 0.1) is 0 Å². The maximum Gasteiger partial charge on any atom is 0.186 e. The van der Waals surface area contributed by atoms with Crippen LogP contribution in [0.3, 0.4) is 0 Å². The highest BCUT2D eigenvalue weighted by atomic mass is 35.5. The molecule has 16 heavy (non-hydrogen) atoms. The van der Waals surface area contributed by atoms with Gasteiger partial charge in [-0.3, -0.25) is 4.98 Å². The van der Waals surface area contributed by atoms with Crippen molar-refractivity contribution in [1.82, 2.24) is 9.97 Å². The van der Waals surface area contributed by atoms with Gasteiger partial charge in [-0.1, -0.05) is 17.7 Å². The second-order valence-corrected chi connectivity index (χ2v) is 4.67. The van der Waals surface area contributed by atoms with E-state index in [-0.39, 0.29) is 0 Å². The van der Waals surface area contributed by atoms with Crippen LogP contribution in [0.1, 0.15) is 5.69 Å². The fraction of sp³-hybridized carbons (Fsp3) is 0.273. The zero-order chi connectivity index (χ0) is 11.4. The molecule has 0 atom stereocenters. The van der Waals surface area contributed by atoms with Crippen LogP contribution < -0.4 is 4.90 Å². The Morgan fingerprint density at radius 1 is 1.44 bits per heavy atom. The molecule has 84 valence electrons. The van der Waals surface area contributed by atoms with Crippen molar-refractivity contribution in [3.8, 4) is 0 Å². The van der Waals surface area contributed by atoms with E-state index >= 15 is 0 Å². The Labute approximate surface area is 104 Å². The Morgan fingerprint density at radius 3 is 2.94 bits per heavy atom. The van der Waals surface area contributed by atoms with Crippen LogP contribution in [0.25, 0.3) is 0 Å². The maximum atomic E-state index is 5.78. The molecule has 2 aromatic rings. The normalized spacial score (nSPS) is 10.4. The topological polar surface area (TPSA) is 29.0 Å². The van der Waals surface area contributed by atoms with Gasteiger partial charge in [-0.15, -0.1) is 11.3 Å². The lowest BCUT2D eigenvalue weighted by atomic mass is 10.2. The molecule has 0 saturated carbocycles. The summed E-state index contributed by atoms with van der Waals surface area (Å²) in [5.41, 5.74) is 1.09. The zero-order valence-corrected chi connectivity index (χ0v) is 10.5. The molecular weight excluding hydrogens is 242 g/mol. The first-order valence-corrected chi connectivity index (χ1v) is 6.23. The van der Waals surface area contributed by atoms with Gasteiger partial charge in [-0.05, 0) is 12.1 Å². The van der Waals surface area contributed by atoms with Gasteiger partial charge in [0.25, 0.3) is 0 Å². The minimum absolute atomic E-state index is 0.560. The third-order valence-electron chi connectivity index (χ3n) is 2.22. The van der Waals surface area contributed by atoms with Gasteiger partial charge in [0.15, 0.2) is 5.13 Å². The molecule has 2 heterocycles. The average Bonchev–Trinajstić information content (AvgIpc) is 2.74. The third-order valence-corrected chi connectivity index (χ3v) is 3.50. The van der Waals surface area contributed by atoms with Crippen LogP contribution in [-0.2, 0) is 6.42 Å². The van der Waals surface area contributed by atoms with E-state index in [0.717, 1.165) is 23.8 Å². The highest BCUT2D eigenvalue weighted by Gasteiger charge is 2.05. The number of halogens is 1. The largest absolute Gasteiger partial charge is 0.351 e. The molecule has 0 N–H and O–H groups in total. The molecule has 3 nitrogen and oxygen atoms in total. The summed E-state index contributed by atoms with van der Waals surface area (Å²) >= 11 is 7.34. The molecule has 2 rings (SSSR count). The number of thiazole rings is 1. The van der Waals surface area contributed by atoms with Crippen molar-refractivity contribution >= 4 is 28.1 Å². The Bertz CT molecular complexity index is 444. The van der Waals surface area contributed by atoms with Crippen molar-refractivity contribution in [2.45, 2.75) is 6.42 Å². The van der Waals surface area contributed by atoms with Crippen molar-refractivity contribution in [3.05, 3.63) is 40.6 Å². The number of nitrogens with zero attached hydrogens (tertiary/aromatic N) is 3. The number of hydrogen-bond acceptors (Lipinski definition) is 4. The van der Waals surface area contributed by atoms with Gasteiger partial charge in [-0.2, -0.15) is 0 Å². The predicted molar refractivity (Wildman–Crippen MR) is 68.3 cm³/mol. The van der Waals surface area contributed by atoms with Crippen molar-refractivity contribution in [1.29, 1.82) is 0 Å². The Hall–Kier alpha value is -1.13. The monoisotopic (exact) mass is 253 g/mol. The smallest absolute Gasteiger partial charge is 0.186 e. The summed E-state index contributed by atoms with van der Waals surface area (Å²) < 4.78 is 0. The SMILES string of the molecule is CN(CCc1ccccn1)c1nc(Cl)cs1. The molecule has 0 saturated heterocycles. The van der Waals surface area contributed by atoms with Gasteiger partial charge in [0.1, 0.15) is 5.15 Å². The number of rotatable bonds is 4. The van der Waals surface area contributed by atoms with E-state index < -0.39 is 0 Å². The van der Waals surface area contributed by atoms with E-state index in [0.29, 0.717) is 5.15 Å². The maximum absolute atomic E-state index is 5.78. The van der Waals surface area contributed by atoms with E-state index in [9.17, 15) is 0 Å². The molecule has 0 amide bonds. The van der Waals surface area contributed by atoms with Gasteiger partial charge in [0.2, 0.25) is 0 Å². The fourth-order valence-corrected chi connectivity index (χ4v) is 2.29. The molecule has 0 aliphatic carbocycles. The first-order chi connectivity index (χ1) is 7.75. The Morgan fingerprint density at radius 2 is 2.31 bits per heavy atom. The van der Waals surface area contributed by atoms with Crippen molar-refractivity contribution < 1.29 is 0 Å². The summed E-state index contributed by atoms with van der Waals surface area (Å²) in [6.45, 7) is 0.890. The van der Waals surface area contributed by atoms with Crippen LogP contribution in [0, 0.1) is 0 Å². The van der Waals surface area contributed by atoms with E-state index in [2.05, 4.69) is 14.9 Å². The van der Waals surface area contributed by atoms with Gasteiger partial charge in [0, 0.05) is 37.3 Å². The zero-order valence-electron chi connectivity index (χ0n) is 8.93. The number of pyridine rings is 1. The summed E-state index contributed by atoms with van der Waals surface area (Å²) in [4.78, 5) is 10.6. The molecule has 0 aliphatic rings. The molecule has 0 bridgehead atoms. The molecule has 0 spiro atoms. The van der Waals surface area contributed by atoms with E-state index in [1.807, 2.05) is 36.8 Å². The number of aromatic nitrogens is 2. The first kappa shape index (κ1) is 11.4. The van der Waals surface area contributed by atoms with E-state index in [1.165, 1.54) is 0 Å². The molecule has 0 aromatic carbocycles. The molecule has 5 heteroatoms. The van der Waals surface area contributed by atoms with Gasteiger partial charge in [-0.25, -0.2) is 4.98 Å². The number of anilines is 1.